The van der Waals surface area contributed by atoms with Gasteiger partial charge in [0, 0.05) is 19.0 Å². The van der Waals surface area contributed by atoms with Crippen LogP contribution in [0.5, 0.6) is 5.75 Å². The quantitative estimate of drug-likeness (QED) is 0.653. The Kier molecular flexibility index (Phi) is 7.75. The number of ketones is 1. The maximum absolute atomic E-state index is 13.8. The van der Waals surface area contributed by atoms with Gasteiger partial charge in [-0.1, -0.05) is 6.07 Å². The second kappa shape index (κ2) is 9.05. The lowest BCUT2D eigenvalue weighted by Crippen LogP contribution is -2.31. The van der Waals surface area contributed by atoms with Crippen LogP contribution in [-0.4, -0.2) is 49.4 Å². The van der Waals surface area contributed by atoms with E-state index in [1.165, 1.54) is 13.2 Å². The summed E-state index contributed by atoms with van der Waals surface area (Å²) in [6.07, 6.45) is 3.45. The predicted molar refractivity (Wildman–Crippen MR) is 87.0 cm³/mol. The summed E-state index contributed by atoms with van der Waals surface area (Å²) < 4.78 is 18.9. The molecule has 1 rings (SSSR count). The molecule has 1 atom stereocenters. The molecule has 3 nitrogen and oxygen atoms in total. The van der Waals surface area contributed by atoms with Crippen LogP contribution in [0.15, 0.2) is 18.2 Å². The Morgan fingerprint density at radius 3 is 2.81 bits per heavy atom. The van der Waals surface area contributed by atoms with Gasteiger partial charge in [0.05, 0.1) is 12.7 Å². The highest BCUT2D eigenvalue weighted by Gasteiger charge is 2.18. The van der Waals surface area contributed by atoms with Crippen molar-refractivity contribution in [3.05, 3.63) is 29.6 Å². The van der Waals surface area contributed by atoms with E-state index in [1.54, 1.807) is 12.1 Å². The zero-order valence-electron chi connectivity index (χ0n) is 13.2. The van der Waals surface area contributed by atoms with Gasteiger partial charge in [0.15, 0.2) is 5.78 Å². The maximum atomic E-state index is 13.8. The van der Waals surface area contributed by atoms with Crippen molar-refractivity contribution < 1.29 is 13.9 Å². The van der Waals surface area contributed by atoms with Crippen molar-refractivity contribution in [1.29, 1.82) is 0 Å². The Labute approximate surface area is 130 Å². The summed E-state index contributed by atoms with van der Waals surface area (Å²) in [5.41, 5.74) is 0.0603. The molecule has 0 spiro atoms. The maximum Gasteiger partial charge on any atom is 0.170 e. The molecule has 0 bridgehead atoms. The number of ether oxygens (including phenoxy) is 1. The molecule has 0 aliphatic rings. The monoisotopic (exact) mass is 313 g/mol. The fourth-order valence-corrected chi connectivity index (χ4v) is 2.65. The second-order valence-electron chi connectivity index (χ2n) is 5.10. The summed E-state index contributed by atoms with van der Waals surface area (Å²) in [5, 5.41) is 0. The fraction of sp³-hybridized carbons (Fsp3) is 0.562. The van der Waals surface area contributed by atoms with Crippen molar-refractivity contribution in [3.63, 3.8) is 0 Å². The molecule has 0 saturated carbocycles. The van der Waals surface area contributed by atoms with E-state index >= 15 is 0 Å². The molecule has 1 unspecified atom stereocenters. The van der Waals surface area contributed by atoms with Crippen LogP contribution >= 0.6 is 11.8 Å². The van der Waals surface area contributed by atoms with E-state index in [0.717, 1.165) is 12.2 Å². The summed E-state index contributed by atoms with van der Waals surface area (Å²) in [5.74, 6) is 0.671. The Morgan fingerprint density at radius 2 is 2.19 bits per heavy atom. The standard InChI is InChI=1S/C16H24FNO2S/c1-12(9-11-21-4)18(2)10-8-14(19)16-13(17)6-5-7-15(16)20-3/h5-7,12H,8-11H2,1-4H3. The van der Waals surface area contributed by atoms with E-state index in [4.69, 9.17) is 4.74 Å². The molecule has 21 heavy (non-hydrogen) atoms. The first kappa shape index (κ1) is 18.0. The van der Waals surface area contributed by atoms with Crippen LogP contribution in [0.4, 0.5) is 4.39 Å². The summed E-state index contributed by atoms with van der Waals surface area (Å²) in [6, 6.07) is 4.86. The number of benzene rings is 1. The van der Waals surface area contributed by atoms with E-state index in [0.29, 0.717) is 18.3 Å². The zero-order valence-corrected chi connectivity index (χ0v) is 14.0. The Hall–Kier alpha value is -1.07. The molecule has 0 fully saturated rings. The van der Waals surface area contributed by atoms with Gasteiger partial charge in [-0.2, -0.15) is 11.8 Å². The van der Waals surface area contributed by atoms with Crippen LogP contribution in [0, 0.1) is 5.82 Å². The number of thioether (sulfide) groups is 1. The molecule has 0 aromatic heterocycles. The molecule has 118 valence electrons. The molecule has 0 heterocycles. The van der Waals surface area contributed by atoms with Gasteiger partial charge in [0.25, 0.3) is 0 Å². The largest absolute Gasteiger partial charge is 0.496 e. The molecule has 0 aliphatic carbocycles. The molecular weight excluding hydrogens is 289 g/mol. The Bertz CT molecular complexity index is 468. The predicted octanol–water partition coefficient (Wildman–Crippen LogP) is 3.48. The highest BCUT2D eigenvalue weighted by Crippen LogP contribution is 2.22. The molecule has 0 N–H and O–H groups in total. The number of hydrogen-bond acceptors (Lipinski definition) is 4. The van der Waals surface area contributed by atoms with Crippen molar-refractivity contribution in [1.82, 2.24) is 4.90 Å². The third kappa shape index (κ3) is 5.32. The van der Waals surface area contributed by atoms with Gasteiger partial charge < -0.3 is 9.64 Å². The average molecular weight is 313 g/mol. The van der Waals surface area contributed by atoms with E-state index in [1.807, 2.05) is 18.8 Å². The highest BCUT2D eigenvalue weighted by atomic mass is 32.2. The van der Waals surface area contributed by atoms with Gasteiger partial charge in [0.1, 0.15) is 11.6 Å². The molecule has 0 amide bonds. The minimum Gasteiger partial charge on any atom is -0.496 e. The molecule has 0 radical (unpaired) electrons. The van der Waals surface area contributed by atoms with Crippen molar-refractivity contribution in [2.75, 3.05) is 32.7 Å². The van der Waals surface area contributed by atoms with Crippen LogP contribution in [0.3, 0.4) is 0 Å². The first-order chi connectivity index (χ1) is 10.0. The summed E-state index contributed by atoms with van der Waals surface area (Å²) in [6.45, 7) is 2.76. The average Bonchev–Trinajstić information content (AvgIpc) is 2.49. The van der Waals surface area contributed by atoms with E-state index in [-0.39, 0.29) is 17.8 Å². The minimum absolute atomic E-state index is 0.0603. The Morgan fingerprint density at radius 1 is 1.48 bits per heavy atom. The van der Waals surface area contributed by atoms with Gasteiger partial charge >= 0.3 is 0 Å². The van der Waals surface area contributed by atoms with Crippen LogP contribution in [-0.2, 0) is 0 Å². The van der Waals surface area contributed by atoms with Crippen LogP contribution in [0.1, 0.15) is 30.1 Å². The van der Waals surface area contributed by atoms with Crippen LogP contribution < -0.4 is 4.74 Å². The van der Waals surface area contributed by atoms with Crippen LogP contribution in [0.2, 0.25) is 0 Å². The number of halogens is 1. The second-order valence-corrected chi connectivity index (χ2v) is 6.09. The number of hydrogen-bond donors (Lipinski definition) is 0. The number of carbonyl (C=O) groups is 1. The number of Topliss-reactive ketones (excluding diaryl/α,β-unsaturated/α-hetero) is 1. The smallest absolute Gasteiger partial charge is 0.170 e. The lowest BCUT2D eigenvalue weighted by atomic mass is 10.1. The first-order valence-electron chi connectivity index (χ1n) is 7.06. The van der Waals surface area contributed by atoms with Crippen molar-refractivity contribution in [2.45, 2.75) is 25.8 Å². The topological polar surface area (TPSA) is 29.5 Å². The van der Waals surface area contributed by atoms with Crippen molar-refractivity contribution >= 4 is 17.5 Å². The zero-order chi connectivity index (χ0) is 15.8. The molecule has 1 aromatic carbocycles. The molecular formula is C16H24FNO2S. The van der Waals surface area contributed by atoms with Crippen molar-refractivity contribution in [3.8, 4) is 5.75 Å². The van der Waals surface area contributed by atoms with Gasteiger partial charge in [-0.05, 0) is 44.5 Å². The number of nitrogens with zero attached hydrogens (tertiary/aromatic N) is 1. The first-order valence-corrected chi connectivity index (χ1v) is 8.45. The van der Waals surface area contributed by atoms with Gasteiger partial charge in [-0.25, -0.2) is 4.39 Å². The van der Waals surface area contributed by atoms with E-state index in [2.05, 4.69) is 18.1 Å². The summed E-state index contributed by atoms with van der Waals surface area (Å²) >= 11 is 1.82. The third-order valence-electron chi connectivity index (χ3n) is 3.66. The van der Waals surface area contributed by atoms with Gasteiger partial charge in [-0.15, -0.1) is 0 Å². The van der Waals surface area contributed by atoms with Crippen LogP contribution in [0.25, 0.3) is 0 Å². The summed E-state index contributed by atoms with van der Waals surface area (Å²) in [4.78, 5) is 14.4. The lowest BCUT2D eigenvalue weighted by molar-refractivity contribution is 0.0954. The number of rotatable bonds is 9. The molecule has 1 aromatic rings. The summed E-state index contributed by atoms with van der Waals surface area (Å²) in [7, 11) is 3.44. The van der Waals surface area contributed by atoms with E-state index in [9.17, 15) is 9.18 Å². The van der Waals surface area contributed by atoms with Crippen molar-refractivity contribution in [2.24, 2.45) is 0 Å². The fourth-order valence-electron chi connectivity index (χ4n) is 2.08. The Balaban J connectivity index is 2.62. The van der Waals surface area contributed by atoms with E-state index < -0.39 is 5.82 Å². The minimum atomic E-state index is -0.516. The highest BCUT2D eigenvalue weighted by molar-refractivity contribution is 7.98. The normalized spacial score (nSPS) is 12.5. The lowest BCUT2D eigenvalue weighted by Gasteiger charge is -2.24. The number of methoxy groups -OCH3 is 1. The third-order valence-corrected chi connectivity index (χ3v) is 4.30. The molecule has 5 heteroatoms. The SMILES string of the molecule is COc1cccc(F)c1C(=O)CCN(C)C(C)CCSC. The van der Waals surface area contributed by atoms with Gasteiger partial charge in [-0.3, -0.25) is 4.79 Å². The number of carbonyl (C=O) groups excluding carboxylic acids is 1. The molecule has 0 aliphatic heterocycles. The molecule has 0 saturated heterocycles. The van der Waals surface area contributed by atoms with Gasteiger partial charge in [0.2, 0.25) is 0 Å².